The van der Waals surface area contributed by atoms with Gasteiger partial charge in [-0.25, -0.2) is 0 Å². The van der Waals surface area contributed by atoms with Gasteiger partial charge in [0.2, 0.25) is 0 Å². The Labute approximate surface area is 361 Å². The molecule has 0 aliphatic carbocycles. The Morgan fingerprint density at radius 2 is 0.550 bits per heavy atom. The lowest BCUT2D eigenvalue weighted by Gasteiger charge is -2.21. The normalized spacial score (nSPS) is 11.3. The van der Waals surface area contributed by atoms with Gasteiger partial charge in [0.05, 0.1) is 39.6 Å². The fourth-order valence-corrected chi connectivity index (χ4v) is 7.61. The van der Waals surface area contributed by atoms with Crippen molar-refractivity contribution in [2.45, 2.75) is 169 Å². The maximum absolute atomic E-state index is 8.86. The highest BCUT2D eigenvalue weighted by Gasteiger charge is 2.21. The number of hydrogen-bond acceptors (Lipinski definition) is 7. The molecule has 332 valence electrons. The van der Waals surface area contributed by atoms with Gasteiger partial charge in [0, 0.05) is 11.5 Å². The molecule has 0 N–H and O–H groups in total. The fourth-order valence-electron chi connectivity index (χ4n) is 7.61. The first-order chi connectivity index (χ1) is 29.6. The van der Waals surface area contributed by atoms with Gasteiger partial charge in [-0.15, -0.1) is 0 Å². The minimum atomic E-state index is 0.370. The van der Waals surface area contributed by atoms with E-state index in [1.165, 1.54) is 57.8 Å². The molecule has 0 saturated carbocycles. The number of ether oxygens (including phenoxy) is 6. The van der Waals surface area contributed by atoms with Gasteiger partial charge in [-0.05, 0) is 113 Å². The van der Waals surface area contributed by atoms with E-state index in [2.05, 4.69) is 81.0 Å². The Balaban J connectivity index is 1.96. The van der Waals surface area contributed by atoms with E-state index in [1.54, 1.807) is 0 Å². The van der Waals surface area contributed by atoms with Crippen LogP contribution in [0.2, 0.25) is 0 Å². The van der Waals surface area contributed by atoms with Gasteiger partial charge >= 0.3 is 0 Å². The predicted octanol–water partition coefficient (Wildman–Crippen LogP) is 16.0. The second kappa shape index (κ2) is 29.1. The van der Waals surface area contributed by atoms with Crippen LogP contribution >= 0.6 is 0 Å². The van der Waals surface area contributed by atoms with E-state index in [1.807, 2.05) is 0 Å². The van der Waals surface area contributed by atoms with Gasteiger partial charge in [0.15, 0.2) is 34.5 Å². The van der Waals surface area contributed by atoms with Gasteiger partial charge < -0.3 is 28.4 Å². The minimum absolute atomic E-state index is 0.370. The SMILES string of the molecule is CCCCCCOc1cc2c3cc(OCCCCCC)c(OCCCCCC)cc3c3cc(OCCCN=[N+]=[N-])c(OCCCCCC)cc3c2cc1OCCCCCC. The molecule has 0 spiro atoms. The summed E-state index contributed by atoms with van der Waals surface area (Å²) in [5.41, 5.74) is 8.86. The lowest BCUT2D eigenvalue weighted by molar-refractivity contribution is 0.259. The van der Waals surface area contributed by atoms with Crippen LogP contribution in [-0.2, 0) is 0 Å². The third-order valence-electron chi connectivity index (χ3n) is 11.1. The maximum Gasteiger partial charge on any atom is 0.161 e. The number of rotatable bonds is 35. The van der Waals surface area contributed by atoms with Gasteiger partial charge in [-0.1, -0.05) is 136 Å². The van der Waals surface area contributed by atoms with E-state index in [4.69, 9.17) is 34.0 Å². The van der Waals surface area contributed by atoms with Crippen molar-refractivity contribution >= 4 is 32.3 Å². The van der Waals surface area contributed by atoms with Crippen LogP contribution in [0.1, 0.15) is 169 Å². The molecule has 9 nitrogen and oxygen atoms in total. The summed E-state index contributed by atoms with van der Waals surface area (Å²) in [6.07, 6.45) is 23.1. The molecule has 0 bridgehead atoms. The number of fused-ring (bicyclic) bond motifs is 6. The Morgan fingerprint density at radius 1 is 0.333 bits per heavy atom. The summed E-state index contributed by atoms with van der Waals surface area (Å²) in [5.74, 6) is 4.48. The Kier molecular flexibility index (Phi) is 23.5. The molecule has 0 aliphatic rings. The van der Waals surface area contributed by atoms with Gasteiger partial charge in [0.1, 0.15) is 0 Å². The standard InChI is InChI=1S/C51H77N3O6/c1-6-11-16-21-28-55-46-34-40-41-35-47(56-29-22-17-12-7-2)49(58-31-24-19-14-9-4)37-43(41)45-39-51(60-33-26-27-53-54-52)50(59-32-25-20-15-10-5)38-44(45)42(40)36-48(46)57-30-23-18-13-8-3/h34-39H,6-33H2,1-5H3. The quantitative estimate of drug-likeness (QED) is 0.0150. The van der Waals surface area contributed by atoms with Crippen molar-refractivity contribution in [3.63, 3.8) is 0 Å². The number of hydrogen-bond donors (Lipinski definition) is 0. The van der Waals surface area contributed by atoms with Crippen molar-refractivity contribution in [1.29, 1.82) is 0 Å². The summed E-state index contributed by atoms with van der Waals surface area (Å²) < 4.78 is 39.5. The molecule has 0 aromatic heterocycles. The summed E-state index contributed by atoms with van der Waals surface area (Å²) in [5, 5.41) is 10.1. The molecule has 0 heterocycles. The van der Waals surface area contributed by atoms with Crippen LogP contribution in [-0.4, -0.2) is 46.2 Å². The van der Waals surface area contributed by atoms with E-state index in [-0.39, 0.29) is 0 Å². The van der Waals surface area contributed by atoms with Gasteiger partial charge in [-0.3, -0.25) is 0 Å². The predicted molar refractivity (Wildman–Crippen MR) is 251 cm³/mol. The van der Waals surface area contributed by atoms with Crippen LogP contribution in [0.3, 0.4) is 0 Å². The molecular weight excluding hydrogens is 751 g/mol. The molecule has 0 aliphatic heterocycles. The van der Waals surface area contributed by atoms with Crippen molar-refractivity contribution in [3.8, 4) is 34.5 Å². The van der Waals surface area contributed by atoms with Crippen molar-refractivity contribution < 1.29 is 28.4 Å². The molecule has 0 radical (unpaired) electrons. The van der Waals surface area contributed by atoms with Crippen molar-refractivity contribution in [2.24, 2.45) is 5.11 Å². The maximum atomic E-state index is 8.86. The highest BCUT2D eigenvalue weighted by Crippen LogP contribution is 2.47. The molecule has 0 amide bonds. The van der Waals surface area contributed by atoms with E-state index >= 15 is 0 Å². The first kappa shape index (κ1) is 48.4. The third kappa shape index (κ3) is 15.7. The van der Waals surface area contributed by atoms with E-state index in [9.17, 15) is 0 Å². The zero-order valence-corrected chi connectivity index (χ0v) is 38.1. The first-order valence-corrected chi connectivity index (χ1v) is 23.9. The van der Waals surface area contributed by atoms with Crippen molar-refractivity contribution in [2.75, 3.05) is 46.2 Å². The summed E-state index contributed by atoms with van der Waals surface area (Å²) in [7, 11) is 0. The highest BCUT2D eigenvalue weighted by molar-refractivity contribution is 6.26. The van der Waals surface area contributed by atoms with E-state index < -0.39 is 0 Å². The molecule has 4 aromatic carbocycles. The van der Waals surface area contributed by atoms with Crippen molar-refractivity contribution in [3.05, 3.63) is 46.8 Å². The summed E-state index contributed by atoms with van der Waals surface area (Å²) in [6.45, 7) is 15.1. The fraction of sp³-hybridized carbons (Fsp3) is 0.647. The topological polar surface area (TPSA) is 104 Å². The number of azide groups is 1. The molecular formula is C51H77N3O6. The Hall–Kier alpha value is -4.23. The zero-order valence-electron chi connectivity index (χ0n) is 38.1. The molecule has 0 unspecified atom stereocenters. The average Bonchev–Trinajstić information content (AvgIpc) is 3.26. The van der Waals surface area contributed by atoms with Crippen LogP contribution in [0.4, 0.5) is 0 Å². The van der Waals surface area contributed by atoms with Crippen LogP contribution in [0.25, 0.3) is 42.8 Å². The van der Waals surface area contributed by atoms with Crippen LogP contribution in [0.15, 0.2) is 41.5 Å². The number of nitrogens with zero attached hydrogens (tertiary/aromatic N) is 3. The first-order valence-electron chi connectivity index (χ1n) is 23.9. The van der Waals surface area contributed by atoms with Crippen LogP contribution in [0, 0.1) is 0 Å². The molecule has 0 atom stereocenters. The molecule has 60 heavy (non-hydrogen) atoms. The third-order valence-corrected chi connectivity index (χ3v) is 11.1. The lowest BCUT2D eigenvalue weighted by Crippen LogP contribution is -2.05. The van der Waals surface area contributed by atoms with Gasteiger partial charge in [-0.2, -0.15) is 0 Å². The average molecular weight is 828 g/mol. The Morgan fingerprint density at radius 3 is 0.750 bits per heavy atom. The smallest absolute Gasteiger partial charge is 0.161 e. The van der Waals surface area contributed by atoms with Crippen LogP contribution in [0.5, 0.6) is 34.5 Å². The zero-order chi connectivity index (χ0) is 42.6. The molecule has 4 aromatic rings. The molecule has 0 fully saturated rings. The largest absolute Gasteiger partial charge is 0.490 e. The molecule has 9 heteroatoms. The minimum Gasteiger partial charge on any atom is -0.490 e. The highest BCUT2D eigenvalue weighted by atomic mass is 16.5. The number of unbranched alkanes of at least 4 members (excludes halogenated alkanes) is 15. The molecule has 0 saturated heterocycles. The lowest BCUT2D eigenvalue weighted by atomic mass is 9.93. The van der Waals surface area contributed by atoms with Crippen molar-refractivity contribution in [1.82, 2.24) is 0 Å². The monoisotopic (exact) mass is 828 g/mol. The number of benzene rings is 4. The summed E-state index contributed by atoms with van der Waals surface area (Å²) in [6, 6.07) is 13.0. The second-order valence-corrected chi connectivity index (χ2v) is 16.2. The molecule has 4 rings (SSSR count). The second-order valence-electron chi connectivity index (χ2n) is 16.2. The van der Waals surface area contributed by atoms with E-state index in [0.29, 0.717) is 64.1 Å². The van der Waals surface area contributed by atoms with Crippen LogP contribution < -0.4 is 28.4 Å². The van der Waals surface area contributed by atoms with E-state index in [0.717, 1.165) is 126 Å². The van der Waals surface area contributed by atoms with Gasteiger partial charge in [0.25, 0.3) is 0 Å². The Bertz CT molecular complexity index is 1820. The summed E-state index contributed by atoms with van der Waals surface area (Å²) >= 11 is 0. The summed E-state index contributed by atoms with van der Waals surface area (Å²) in [4.78, 5) is 2.93.